The molecule has 1 atom stereocenters. The Balaban J connectivity index is 1.84. The summed E-state index contributed by atoms with van der Waals surface area (Å²) in [5.41, 5.74) is 0.202. The van der Waals surface area contributed by atoms with E-state index in [0.29, 0.717) is 29.0 Å². The summed E-state index contributed by atoms with van der Waals surface area (Å²) in [7, 11) is 1.63. The van der Waals surface area contributed by atoms with Gasteiger partial charge in [-0.15, -0.1) is 11.3 Å². The van der Waals surface area contributed by atoms with Crippen molar-refractivity contribution >= 4 is 28.9 Å². The van der Waals surface area contributed by atoms with Crippen LogP contribution in [0.2, 0.25) is 5.02 Å². The van der Waals surface area contributed by atoms with Crippen LogP contribution in [0.25, 0.3) is 0 Å². The van der Waals surface area contributed by atoms with Gasteiger partial charge < -0.3 is 10.6 Å². The Kier molecular flexibility index (Phi) is 6.66. The first-order chi connectivity index (χ1) is 11.8. The van der Waals surface area contributed by atoms with E-state index in [0.717, 1.165) is 22.3 Å². The topological polar surface area (TPSA) is 49.3 Å². The maximum atomic E-state index is 12.5. The summed E-state index contributed by atoms with van der Waals surface area (Å²) in [4.78, 5) is 7.72. The predicted molar refractivity (Wildman–Crippen MR) is 95.2 cm³/mol. The molecule has 0 saturated carbocycles. The van der Waals surface area contributed by atoms with Gasteiger partial charge in [0.05, 0.1) is 11.0 Å². The van der Waals surface area contributed by atoms with E-state index in [2.05, 4.69) is 20.6 Å². The van der Waals surface area contributed by atoms with Gasteiger partial charge in [-0.2, -0.15) is 13.2 Å². The average Bonchev–Trinajstić information content (AvgIpc) is 3.03. The molecule has 25 heavy (non-hydrogen) atoms. The highest BCUT2D eigenvalue weighted by Gasteiger charge is 2.33. The Labute approximate surface area is 153 Å². The van der Waals surface area contributed by atoms with Gasteiger partial charge in [-0.1, -0.05) is 23.7 Å². The number of benzene rings is 1. The van der Waals surface area contributed by atoms with Crippen LogP contribution in [0.15, 0.2) is 34.6 Å². The standard InChI is InChI=1S/C16H18ClF3N4S/c1-10(11-3-5-12(17)6-4-11)23-15(21-2)22-8-7-14-24-13(9-25-14)16(18,19)20/h3-6,9-10H,7-8H2,1-2H3,(H2,21,22,23). The van der Waals surface area contributed by atoms with Crippen LogP contribution in [-0.2, 0) is 12.6 Å². The van der Waals surface area contributed by atoms with Crippen molar-refractivity contribution in [2.24, 2.45) is 4.99 Å². The maximum Gasteiger partial charge on any atom is 0.434 e. The molecule has 9 heteroatoms. The Morgan fingerprint density at radius 3 is 2.56 bits per heavy atom. The molecule has 0 amide bonds. The first-order valence-electron chi connectivity index (χ1n) is 7.54. The first-order valence-corrected chi connectivity index (χ1v) is 8.79. The Morgan fingerprint density at radius 2 is 2.00 bits per heavy atom. The van der Waals surface area contributed by atoms with Crippen molar-refractivity contribution in [3.05, 3.63) is 50.9 Å². The van der Waals surface area contributed by atoms with Gasteiger partial charge in [0.1, 0.15) is 0 Å². The summed E-state index contributed by atoms with van der Waals surface area (Å²) >= 11 is 6.88. The van der Waals surface area contributed by atoms with Crippen LogP contribution in [0.3, 0.4) is 0 Å². The van der Waals surface area contributed by atoms with Crippen molar-refractivity contribution in [1.29, 1.82) is 0 Å². The molecule has 2 N–H and O–H groups in total. The van der Waals surface area contributed by atoms with E-state index in [1.54, 1.807) is 7.05 Å². The number of rotatable bonds is 5. The number of thiazole rings is 1. The van der Waals surface area contributed by atoms with Crippen LogP contribution < -0.4 is 10.6 Å². The van der Waals surface area contributed by atoms with Crippen LogP contribution >= 0.6 is 22.9 Å². The maximum absolute atomic E-state index is 12.5. The lowest BCUT2D eigenvalue weighted by atomic mass is 10.1. The fourth-order valence-electron chi connectivity index (χ4n) is 2.08. The molecule has 0 aliphatic heterocycles. The normalized spacial score (nSPS) is 13.6. The Morgan fingerprint density at radius 1 is 1.32 bits per heavy atom. The van der Waals surface area contributed by atoms with E-state index in [-0.39, 0.29) is 6.04 Å². The molecular weight excluding hydrogens is 373 g/mol. The number of guanidine groups is 1. The number of aromatic nitrogens is 1. The minimum absolute atomic E-state index is 0.000150. The molecule has 0 radical (unpaired) electrons. The third-order valence-electron chi connectivity index (χ3n) is 3.42. The highest BCUT2D eigenvalue weighted by atomic mass is 35.5. The number of aliphatic imine (C=N–C) groups is 1. The molecule has 1 heterocycles. The summed E-state index contributed by atoms with van der Waals surface area (Å²) in [5.74, 6) is 0.565. The summed E-state index contributed by atoms with van der Waals surface area (Å²) in [6.45, 7) is 2.41. The molecule has 136 valence electrons. The van der Waals surface area contributed by atoms with Gasteiger partial charge in [-0.25, -0.2) is 4.98 Å². The molecule has 0 aliphatic rings. The lowest BCUT2D eigenvalue weighted by molar-refractivity contribution is -0.140. The lowest BCUT2D eigenvalue weighted by Gasteiger charge is -2.18. The summed E-state index contributed by atoms with van der Waals surface area (Å²) in [6.07, 6.45) is -4.01. The van der Waals surface area contributed by atoms with Crippen molar-refractivity contribution in [3.8, 4) is 0 Å². The number of alkyl halides is 3. The minimum Gasteiger partial charge on any atom is -0.356 e. The number of nitrogens with one attached hydrogen (secondary N) is 2. The number of nitrogens with zero attached hydrogens (tertiary/aromatic N) is 2. The Bertz CT molecular complexity index is 713. The second kappa shape index (κ2) is 8.53. The van der Waals surface area contributed by atoms with Crippen LogP contribution in [0.1, 0.15) is 29.2 Å². The van der Waals surface area contributed by atoms with Gasteiger partial charge in [-0.05, 0) is 24.6 Å². The van der Waals surface area contributed by atoms with Crippen molar-refractivity contribution in [3.63, 3.8) is 0 Å². The summed E-state index contributed by atoms with van der Waals surface area (Å²) in [6, 6.07) is 7.46. The molecule has 0 spiro atoms. The molecule has 1 unspecified atom stereocenters. The Hall–Kier alpha value is -1.80. The van der Waals surface area contributed by atoms with Gasteiger partial charge in [0.15, 0.2) is 11.7 Å². The van der Waals surface area contributed by atoms with E-state index < -0.39 is 11.9 Å². The molecule has 1 aromatic carbocycles. The first kappa shape index (κ1) is 19.5. The van der Waals surface area contributed by atoms with Gasteiger partial charge in [-0.3, -0.25) is 4.99 Å². The molecule has 2 rings (SSSR count). The molecule has 0 saturated heterocycles. The molecule has 4 nitrogen and oxygen atoms in total. The zero-order valence-electron chi connectivity index (χ0n) is 13.7. The van der Waals surface area contributed by atoms with Crippen LogP contribution in [0.5, 0.6) is 0 Å². The fourth-order valence-corrected chi connectivity index (χ4v) is 3.01. The lowest BCUT2D eigenvalue weighted by Crippen LogP contribution is -2.39. The van der Waals surface area contributed by atoms with E-state index in [1.807, 2.05) is 31.2 Å². The molecule has 1 aromatic heterocycles. The van der Waals surface area contributed by atoms with E-state index in [9.17, 15) is 13.2 Å². The second-order valence-electron chi connectivity index (χ2n) is 5.29. The van der Waals surface area contributed by atoms with E-state index >= 15 is 0 Å². The van der Waals surface area contributed by atoms with Crippen molar-refractivity contribution in [1.82, 2.24) is 15.6 Å². The fraction of sp³-hybridized carbons (Fsp3) is 0.375. The quantitative estimate of drug-likeness (QED) is 0.591. The summed E-state index contributed by atoms with van der Waals surface area (Å²) < 4.78 is 37.6. The van der Waals surface area contributed by atoms with Gasteiger partial charge >= 0.3 is 6.18 Å². The predicted octanol–water partition coefficient (Wildman–Crippen LogP) is 4.28. The molecule has 0 bridgehead atoms. The molecule has 0 fully saturated rings. The average molecular weight is 391 g/mol. The van der Waals surface area contributed by atoms with Crippen LogP contribution in [-0.4, -0.2) is 24.5 Å². The van der Waals surface area contributed by atoms with Gasteiger partial charge in [0.25, 0.3) is 0 Å². The van der Waals surface area contributed by atoms with Crippen molar-refractivity contribution in [2.45, 2.75) is 25.6 Å². The third-order valence-corrected chi connectivity index (χ3v) is 4.58. The highest BCUT2D eigenvalue weighted by molar-refractivity contribution is 7.09. The van der Waals surface area contributed by atoms with Crippen LogP contribution in [0.4, 0.5) is 13.2 Å². The second-order valence-corrected chi connectivity index (χ2v) is 6.67. The largest absolute Gasteiger partial charge is 0.434 e. The highest BCUT2D eigenvalue weighted by Crippen LogP contribution is 2.30. The van der Waals surface area contributed by atoms with Gasteiger partial charge in [0, 0.05) is 30.4 Å². The van der Waals surface area contributed by atoms with E-state index in [4.69, 9.17) is 11.6 Å². The summed E-state index contributed by atoms with van der Waals surface area (Å²) in [5, 5.41) is 8.42. The SMILES string of the molecule is CN=C(NCCc1nc(C(F)(F)F)cs1)NC(C)c1ccc(Cl)cc1. The number of hydrogen-bond donors (Lipinski definition) is 2. The zero-order valence-corrected chi connectivity index (χ0v) is 15.3. The number of hydrogen-bond acceptors (Lipinski definition) is 3. The van der Waals surface area contributed by atoms with Crippen molar-refractivity contribution in [2.75, 3.05) is 13.6 Å². The van der Waals surface area contributed by atoms with Crippen molar-refractivity contribution < 1.29 is 13.2 Å². The molecular formula is C16H18ClF3N4S. The molecule has 2 aromatic rings. The van der Waals surface area contributed by atoms with E-state index in [1.165, 1.54) is 0 Å². The zero-order chi connectivity index (χ0) is 18.4. The monoisotopic (exact) mass is 390 g/mol. The minimum atomic E-state index is -4.40. The van der Waals surface area contributed by atoms with Gasteiger partial charge in [0.2, 0.25) is 0 Å². The molecule has 0 aliphatic carbocycles. The third kappa shape index (κ3) is 5.89. The number of halogens is 4. The smallest absolute Gasteiger partial charge is 0.356 e. The van der Waals surface area contributed by atoms with Crippen LogP contribution in [0, 0.1) is 0 Å².